The molecule has 0 aromatic heterocycles. The molecule has 2 aromatic carbocycles. The van der Waals surface area contributed by atoms with E-state index in [0.717, 1.165) is 37.1 Å². The summed E-state index contributed by atoms with van der Waals surface area (Å²) >= 11 is 6.46. The van der Waals surface area contributed by atoms with E-state index in [1.54, 1.807) is 0 Å². The Hall–Kier alpha value is -2.04. The van der Waals surface area contributed by atoms with E-state index in [0.29, 0.717) is 30.6 Å². The van der Waals surface area contributed by atoms with Crippen LogP contribution in [0.4, 0.5) is 0 Å². The average molecular weight is 472 g/mol. The topological polar surface area (TPSA) is 49.8 Å². The molecule has 0 amide bonds. The monoisotopic (exact) mass is 471 g/mol. The van der Waals surface area contributed by atoms with E-state index in [1.165, 1.54) is 36.0 Å². The normalized spacial score (nSPS) is 15.3. The highest BCUT2D eigenvalue weighted by atomic mass is 35.5. The van der Waals surface area contributed by atoms with Crippen LogP contribution in [-0.4, -0.2) is 35.7 Å². The van der Waals surface area contributed by atoms with Gasteiger partial charge in [-0.1, -0.05) is 62.1 Å². The van der Waals surface area contributed by atoms with Gasteiger partial charge in [0.25, 0.3) is 0 Å². The Bertz CT molecular complexity index is 923. The fourth-order valence-electron chi connectivity index (χ4n) is 4.53. The van der Waals surface area contributed by atoms with Gasteiger partial charge in [0.2, 0.25) is 0 Å². The molecular formula is C28H38ClNO3. The van der Waals surface area contributed by atoms with Crippen LogP contribution in [0.15, 0.2) is 36.4 Å². The maximum atomic E-state index is 11.0. The van der Waals surface area contributed by atoms with Crippen molar-refractivity contribution in [1.29, 1.82) is 0 Å². The Labute approximate surface area is 203 Å². The number of likely N-dealkylation sites (tertiary alicyclic amines) is 1. The fraction of sp³-hybridized carbons (Fsp3) is 0.536. The molecular weight excluding hydrogens is 434 g/mol. The van der Waals surface area contributed by atoms with Gasteiger partial charge in [-0.3, -0.25) is 9.69 Å². The van der Waals surface area contributed by atoms with E-state index in [2.05, 4.69) is 43.9 Å². The number of unbranched alkanes of at least 4 members (excludes halogenated alkanes) is 1. The molecule has 0 aliphatic carbocycles. The molecule has 1 aliphatic heterocycles. The van der Waals surface area contributed by atoms with Gasteiger partial charge in [-0.25, -0.2) is 0 Å². The lowest BCUT2D eigenvalue weighted by molar-refractivity contribution is -0.147. The van der Waals surface area contributed by atoms with Crippen molar-refractivity contribution in [3.05, 3.63) is 63.7 Å². The molecule has 1 N–H and O–H groups in total. The van der Waals surface area contributed by atoms with Gasteiger partial charge in [0.1, 0.15) is 5.75 Å². The number of aliphatic carboxylic acids is 1. The fourth-order valence-corrected chi connectivity index (χ4v) is 4.79. The van der Waals surface area contributed by atoms with E-state index < -0.39 is 5.97 Å². The molecule has 180 valence electrons. The van der Waals surface area contributed by atoms with Crippen LogP contribution in [0, 0.1) is 25.7 Å². The zero-order valence-corrected chi connectivity index (χ0v) is 21.0. The van der Waals surface area contributed by atoms with Gasteiger partial charge < -0.3 is 9.84 Å². The molecule has 2 aromatic rings. The molecule has 3 rings (SSSR count). The molecule has 0 bridgehead atoms. The Morgan fingerprint density at radius 2 is 1.82 bits per heavy atom. The zero-order valence-electron chi connectivity index (χ0n) is 20.3. The smallest absolute Gasteiger partial charge is 0.309 e. The van der Waals surface area contributed by atoms with E-state index >= 15 is 0 Å². The summed E-state index contributed by atoms with van der Waals surface area (Å²) in [4.78, 5) is 13.1. The second-order valence-electron chi connectivity index (χ2n) is 9.62. The van der Waals surface area contributed by atoms with Crippen molar-refractivity contribution in [2.45, 2.75) is 65.8 Å². The minimum Gasteiger partial charge on any atom is -0.492 e. The number of carbonyl (C=O) groups is 1. The lowest BCUT2D eigenvalue weighted by atomic mass is 9.89. The van der Waals surface area contributed by atoms with Crippen LogP contribution < -0.4 is 4.74 Å². The molecule has 33 heavy (non-hydrogen) atoms. The van der Waals surface area contributed by atoms with Crippen molar-refractivity contribution in [3.63, 3.8) is 0 Å². The van der Waals surface area contributed by atoms with Crippen LogP contribution in [0.5, 0.6) is 5.75 Å². The summed E-state index contributed by atoms with van der Waals surface area (Å²) in [6, 6.07) is 12.8. The van der Waals surface area contributed by atoms with Crippen molar-refractivity contribution in [2.24, 2.45) is 11.8 Å². The van der Waals surface area contributed by atoms with Crippen LogP contribution in [0.2, 0.25) is 5.02 Å². The van der Waals surface area contributed by atoms with Gasteiger partial charge in [0.15, 0.2) is 0 Å². The first kappa shape index (κ1) is 25.6. The number of halogens is 1. The Morgan fingerprint density at radius 3 is 2.48 bits per heavy atom. The molecule has 4 nitrogen and oxygen atoms in total. The van der Waals surface area contributed by atoms with Crippen molar-refractivity contribution in [1.82, 2.24) is 4.90 Å². The summed E-state index contributed by atoms with van der Waals surface area (Å²) in [6.07, 6.45) is 7.07. The van der Waals surface area contributed by atoms with Crippen LogP contribution in [-0.2, 0) is 17.8 Å². The van der Waals surface area contributed by atoms with E-state index in [9.17, 15) is 4.79 Å². The molecule has 1 unspecified atom stereocenters. The maximum Gasteiger partial charge on any atom is 0.309 e. The minimum absolute atomic E-state index is 0.237. The molecule has 0 radical (unpaired) electrons. The molecule has 0 spiro atoms. The highest BCUT2D eigenvalue weighted by Crippen LogP contribution is 2.28. The number of hydrogen-bond acceptors (Lipinski definition) is 3. The van der Waals surface area contributed by atoms with E-state index in [1.807, 2.05) is 18.2 Å². The Balaban J connectivity index is 1.44. The summed E-state index contributed by atoms with van der Waals surface area (Å²) in [5.74, 6) is 0.463. The third-order valence-electron chi connectivity index (χ3n) is 6.78. The predicted octanol–water partition coefficient (Wildman–Crippen LogP) is 6.68. The third kappa shape index (κ3) is 7.75. The van der Waals surface area contributed by atoms with Gasteiger partial charge >= 0.3 is 5.97 Å². The number of aryl methyl sites for hydroxylation is 2. The maximum absolute atomic E-state index is 11.0. The quantitative estimate of drug-likeness (QED) is 0.331. The van der Waals surface area contributed by atoms with Gasteiger partial charge in [0, 0.05) is 19.6 Å². The molecule has 1 heterocycles. The molecule has 1 atom stereocenters. The van der Waals surface area contributed by atoms with Crippen molar-refractivity contribution in [3.8, 4) is 5.75 Å². The highest BCUT2D eigenvalue weighted by molar-refractivity contribution is 6.32. The number of nitrogens with zero attached hydrogens (tertiary/aromatic N) is 1. The zero-order chi connectivity index (χ0) is 23.8. The van der Waals surface area contributed by atoms with Gasteiger partial charge in [0.05, 0.1) is 17.5 Å². The number of hydrogen-bond donors (Lipinski definition) is 1. The molecule has 5 heteroatoms. The number of carboxylic acids is 1. The second-order valence-corrected chi connectivity index (χ2v) is 10.0. The van der Waals surface area contributed by atoms with Gasteiger partial charge in [-0.05, 0) is 73.4 Å². The van der Waals surface area contributed by atoms with Crippen LogP contribution in [0.25, 0.3) is 0 Å². The van der Waals surface area contributed by atoms with Crippen molar-refractivity contribution in [2.75, 3.05) is 19.7 Å². The predicted molar refractivity (Wildman–Crippen MR) is 135 cm³/mol. The Kier molecular flexibility index (Phi) is 9.64. The Morgan fingerprint density at radius 1 is 1.09 bits per heavy atom. The SMILES string of the molecule is CCCCC(CCCOc1ccc(CN2CC(C(=O)O)C2)cc1Cl)Cc1ccc(C)c(C)c1. The highest BCUT2D eigenvalue weighted by Gasteiger charge is 2.32. The lowest BCUT2D eigenvalue weighted by Crippen LogP contribution is -2.49. The van der Waals surface area contributed by atoms with Crippen LogP contribution in [0.1, 0.15) is 61.3 Å². The third-order valence-corrected chi connectivity index (χ3v) is 7.08. The van der Waals surface area contributed by atoms with E-state index in [4.69, 9.17) is 21.4 Å². The van der Waals surface area contributed by atoms with Crippen molar-refractivity contribution < 1.29 is 14.6 Å². The average Bonchev–Trinajstić information content (AvgIpc) is 2.75. The summed E-state index contributed by atoms with van der Waals surface area (Å²) in [6.45, 7) is 9.22. The number of carboxylic acid groups (broad SMARTS) is 1. The number of benzene rings is 2. The van der Waals surface area contributed by atoms with Crippen LogP contribution >= 0.6 is 11.6 Å². The second kappa shape index (κ2) is 12.4. The number of rotatable bonds is 13. The van der Waals surface area contributed by atoms with Crippen molar-refractivity contribution >= 4 is 17.6 Å². The first-order chi connectivity index (χ1) is 15.9. The largest absolute Gasteiger partial charge is 0.492 e. The first-order valence-electron chi connectivity index (χ1n) is 12.3. The summed E-state index contributed by atoms with van der Waals surface area (Å²) < 4.78 is 6.00. The first-order valence-corrected chi connectivity index (χ1v) is 12.7. The molecule has 1 aliphatic rings. The van der Waals surface area contributed by atoms with Gasteiger partial charge in [-0.2, -0.15) is 0 Å². The molecule has 0 saturated carbocycles. The minimum atomic E-state index is -0.709. The molecule has 1 saturated heterocycles. The lowest BCUT2D eigenvalue weighted by Gasteiger charge is -2.36. The van der Waals surface area contributed by atoms with Gasteiger partial charge in [-0.15, -0.1) is 0 Å². The van der Waals surface area contributed by atoms with E-state index in [-0.39, 0.29) is 5.92 Å². The summed E-state index contributed by atoms with van der Waals surface area (Å²) in [5, 5.41) is 9.63. The summed E-state index contributed by atoms with van der Waals surface area (Å²) in [7, 11) is 0. The summed E-state index contributed by atoms with van der Waals surface area (Å²) in [5.41, 5.74) is 5.26. The van der Waals surface area contributed by atoms with Crippen LogP contribution in [0.3, 0.4) is 0 Å². The standard InChI is InChI=1S/C28H38ClNO3/c1-4-5-7-22(15-23-10-9-20(2)21(3)14-23)8-6-13-33-27-12-11-24(16-26(27)29)17-30-18-25(19-30)28(31)32/h9-12,14,16,22,25H,4-8,13,15,17-19H2,1-3H3,(H,31,32). The number of ether oxygens (including phenoxy) is 1. The molecule has 1 fully saturated rings.